The molecule has 176 valence electrons. The minimum Gasteiger partial charge on any atom is -0.382 e. The number of nitrogens with two attached hydrogens (primary N) is 1. The number of hydrogen-bond acceptors (Lipinski definition) is 8. The van der Waals surface area contributed by atoms with E-state index in [0.29, 0.717) is 22.7 Å². The number of benzene rings is 1. The lowest BCUT2D eigenvalue weighted by Crippen LogP contribution is -2.18. The molecule has 0 fully saturated rings. The highest BCUT2D eigenvalue weighted by atomic mass is 32.2. The molecule has 4 rings (SSSR count). The van der Waals surface area contributed by atoms with Gasteiger partial charge in [0.15, 0.2) is 17.5 Å². The van der Waals surface area contributed by atoms with E-state index in [-0.39, 0.29) is 34.7 Å². The van der Waals surface area contributed by atoms with Gasteiger partial charge in [0, 0.05) is 24.4 Å². The highest BCUT2D eigenvalue weighted by Crippen LogP contribution is 2.30. The fraction of sp³-hybridized carbons (Fsp3) is 0.182. The van der Waals surface area contributed by atoms with Gasteiger partial charge in [0.25, 0.3) is 0 Å². The third-order valence-corrected chi connectivity index (χ3v) is 6.29. The second kappa shape index (κ2) is 9.51. The van der Waals surface area contributed by atoms with Crippen LogP contribution in [0.1, 0.15) is 6.42 Å². The van der Waals surface area contributed by atoms with E-state index < -0.39 is 28.3 Å². The smallest absolute Gasteiger partial charge is 0.232 e. The van der Waals surface area contributed by atoms with Crippen molar-refractivity contribution in [3.8, 4) is 22.6 Å². The zero-order valence-corrected chi connectivity index (χ0v) is 18.9. The van der Waals surface area contributed by atoms with E-state index in [2.05, 4.69) is 30.0 Å². The SMILES string of the molecule is CNc1ccc(-c2nc(N)c3nc(-c4cccc(NS(=O)(=O)CCCF)c4F)ccc3n2)cn1. The van der Waals surface area contributed by atoms with Gasteiger partial charge in [-0.05, 0) is 42.8 Å². The first kappa shape index (κ1) is 23.2. The van der Waals surface area contributed by atoms with Gasteiger partial charge in [-0.25, -0.2) is 32.7 Å². The van der Waals surface area contributed by atoms with Crippen LogP contribution in [0, 0.1) is 5.82 Å². The van der Waals surface area contributed by atoms with E-state index in [1.807, 2.05) is 0 Å². The Bertz CT molecular complexity index is 1450. The molecule has 0 saturated heterocycles. The molecule has 3 aromatic heterocycles. The molecule has 3 heterocycles. The van der Waals surface area contributed by atoms with Gasteiger partial charge >= 0.3 is 0 Å². The van der Waals surface area contributed by atoms with Gasteiger partial charge in [-0.3, -0.25) is 9.11 Å². The molecular weight excluding hydrogens is 464 g/mol. The van der Waals surface area contributed by atoms with Gasteiger partial charge in [0.2, 0.25) is 10.0 Å². The molecule has 0 unspecified atom stereocenters. The number of nitrogens with one attached hydrogen (secondary N) is 2. The van der Waals surface area contributed by atoms with E-state index in [9.17, 15) is 12.8 Å². The number of pyridine rings is 2. The Hall–Kier alpha value is -3.93. The normalized spacial score (nSPS) is 11.5. The monoisotopic (exact) mass is 485 g/mol. The maximum atomic E-state index is 15.1. The first-order chi connectivity index (χ1) is 16.3. The van der Waals surface area contributed by atoms with Crippen molar-refractivity contribution in [2.45, 2.75) is 6.42 Å². The van der Waals surface area contributed by atoms with E-state index >= 15 is 4.39 Å². The fourth-order valence-corrected chi connectivity index (χ4v) is 4.35. The number of fused-ring (bicyclic) bond motifs is 1. The number of anilines is 3. The number of nitrogens with zero attached hydrogens (tertiary/aromatic N) is 4. The van der Waals surface area contributed by atoms with Gasteiger partial charge in [0.05, 0.1) is 29.3 Å². The maximum Gasteiger partial charge on any atom is 0.232 e. The van der Waals surface area contributed by atoms with Crippen LogP contribution in [0.5, 0.6) is 0 Å². The Morgan fingerprint density at radius 3 is 2.59 bits per heavy atom. The van der Waals surface area contributed by atoms with Crippen LogP contribution in [-0.4, -0.2) is 47.8 Å². The third-order valence-electron chi connectivity index (χ3n) is 4.93. The molecule has 12 heteroatoms. The fourth-order valence-electron chi connectivity index (χ4n) is 3.26. The first-order valence-corrected chi connectivity index (χ1v) is 11.9. The number of halogens is 2. The molecule has 9 nitrogen and oxygen atoms in total. The topological polar surface area (TPSA) is 136 Å². The Labute approximate surface area is 194 Å². The number of rotatable bonds is 8. The quantitative estimate of drug-likeness (QED) is 0.344. The minimum absolute atomic E-state index is 0.0583. The lowest BCUT2D eigenvalue weighted by Gasteiger charge is -2.12. The van der Waals surface area contributed by atoms with Crippen molar-refractivity contribution in [3.05, 3.63) is 54.5 Å². The van der Waals surface area contributed by atoms with Gasteiger partial charge in [-0.15, -0.1) is 0 Å². The first-order valence-electron chi connectivity index (χ1n) is 10.2. The van der Waals surface area contributed by atoms with Crippen LogP contribution in [0.3, 0.4) is 0 Å². The summed E-state index contributed by atoms with van der Waals surface area (Å²) in [7, 11) is -2.13. The third kappa shape index (κ3) is 4.86. The summed E-state index contributed by atoms with van der Waals surface area (Å²) in [5, 5.41) is 2.93. The molecule has 0 amide bonds. The van der Waals surface area contributed by atoms with Crippen molar-refractivity contribution in [2.75, 3.05) is 35.2 Å². The second-order valence-corrected chi connectivity index (χ2v) is 9.15. The van der Waals surface area contributed by atoms with Gasteiger partial charge in [-0.2, -0.15) is 0 Å². The number of nitrogen functional groups attached to an aromatic ring is 1. The summed E-state index contributed by atoms with van der Waals surface area (Å²) in [4.78, 5) is 17.4. The van der Waals surface area contributed by atoms with E-state index in [0.717, 1.165) is 0 Å². The van der Waals surface area contributed by atoms with Gasteiger partial charge < -0.3 is 11.1 Å². The average Bonchev–Trinajstić information content (AvgIpc) is 2.84. The highest BCUT2D eigenvalue weighted by molar-refractivity contribution is 7.92. The van der Waals surface area contributed by atoms with Crippen LogP contribution in [0.15, 0.2) is 48.7 Å². The maximum absolute atomic E-state index is 15.1. The van der Waals surface area contributed by atoms with Crippen molar-refractivity contribution < 1.29 is 17.2 Å². The molecule has 4 aromatic rings. The van der Waals surface area contributed by atoms with E-state index in [1.165, 1.54) is 18.2 Å². The molecule has 0 aliphatic rings. The van der Waals surface area contributed by atoms with Crippen LogP contribution in [0.2, 0.25) is 0 Å². The average molecular weight is 486 g/mol. The molecule has 0 saturated carbocycles. The van der Waals surface area contributed by atoms with Crippen molar-refractivity contribution in [2.24, 2.45) is 0 Å². The number of aromatic nitrogens is 4. The van der Waals surface area contributed by atoms with Crippen molar-refractivity contribution in [1.29, 1.82) is 0 Å². The van der Waals surface area contributed by atoms with Crippen LogP contribution >= 0.6 is 0 Å². The van der Waals surface area contributed by atoms with Crippen LogP contribution < -0.4 is 15.8 Å². The highest BCUT2D eigenvalue weighted by Gasteiger charge is 2.18. The summed E-state index contributed by atoms with van der Waals surface area (Å²) in [5.74, 6) is -0.110. The predicted molar refractivity (Wildman–Crippen MR) is 128 cm³/mol. The summed E-state index contributed by atoms with van der Waals surface area (Å²) in [5.41, 5.74) is 7.54. The standard InChI is InChI=1S/C22H21F2N7O2S/c1-26-18-9-6-13(12-27-18)22-29-17-8-7-15(28-20(17)21(25)30-22)14-4-2-5-16(19(14)24)31-34(32,33)11-3-10-23/h2,4-9,12,31H,3,10-11H2,1H3,(H,26,27)(H2,25,29,30). The van der Waals surface area contributed by atoms with E-state index in [4.69, 9.17) is 5.73 Å². The van der Waals surface area contributed by atoms with Crippen LogP contribution in [-0.2, 0) is 10.0 Å². The Morgan fingerprint density at radius 2 is 1.88 bits per heavy atom. The summed E-state index contributed by atoms with van der Waals surface area (Å²) < 4.78 is 53.8. The molecular formula is C22H21F2N7O2S. The molecule has 4 N–H and O–H groups in total. The summed E-state index contributed by atoms with van der Waals surface area (Å²) in [6, 6.07) is 11.0. The molecule has 1 aromatic carbocycles. The molecule has 0 atom stereocenters. The molecule has 0 spiro atoms. The van der Waals surface area contributed by atoms with Crippen LogP contribution in [0.25, 0.3) is 33.7 Å². The molecule has 0 bridgehead atoms. The summed E-state index contributed by atoms with van der Waals surface area (Å²) in [6.45, 7) is -0.784. The largest absolute Gasteiger partial charge is 0.382 e. The van der Waals surface area contributed by atoms with E-state index in [1.54, 1.807) is 37.5 Å². The molecule has 0 radical (unpaired) electrons. The lowest BCUT2D eigenvalue weighted by atomic mass is 10.1. The predicted octanol–water partition coefficient (Wildman–Crippen LogP) is 3.62. The lowest BCUT2D eigenvalue weighted by molar-refractivity contribution is 0.484. The number of alkyl halides is 1. The Kier molecular flexibility index (Phi) is 6.50. The number of hydrogen-bond donors (Lipinski definition) is 3. The Balaban J connectivity index is 1.70. The zero-order valence-electron chi connectivity index (χ0n) is 18.1. The van der Waals surface area contributed by atoms with Crippen molar-refractivity contribution >= 4 is 38.4 Å². The van der Waals surface area contributed by atoms with Gasteiger partial charge in [0.1, 0.15) is 11.3 Å². The Morgan fingerprint density at radius 1 is 1.06 bits per heavy atom. The minimum atomic E-state index is -3.89. The number of sulfonamides is 1. The summed E-state index contributed by atoms with van der Waals surface area (Å²) in [6.07, 6.45) is 1.43. The summed E-state index contributed by atoms with van der Waals surface area (Å²) >= 11 is 0. The van der Waals surface area contributed by atoms with Gasteiger partial charge in [-0.1, -0.05) is 6.07 Å². The zero-order chi connectivity index (χ0) is 24.3. The second-order valence-electron chi connectivity index (χ2n) is 7.31. The molecule has 34 heavy (non-hydrogen) atoms. The molecule has 0 aliphatic carbocycles. The van der Waals surface area contributed by atoms with Crippen molar-refractivity contribution in [1.82, 2.24) is 19.9 Å². The molecule has 0 aliphatic heterocycles. The van der Waals surface area contributed by atoms with Crippen molar-refractivity contribution in [3.63, 3.8) is 0 Å². The van der Waals surface area contributed by atoms with Crippen LogP contribution in [0.4, 0.5) is 26.1 Å².